The highest BCUT2D eigenvalue weighted by Crippen LogP contribution is 2.38. The van der Waals surface area contributed by atoms with Gasteiger partial charge in [-0.05, 0) is 25.0 Å². The summed E-state index contributed by atoms with van der Waals surface area (Å²) in [7, 11) is 0. The summed E-state index contributed by atoms with van der Waals surface area (Å²) in [6, 6.07) is 3.21. The molecule has 2 amide bonds. The molecule has 1 aromatic heterocycles. The standard InChI is InChI=1S/C16H17ClN4O3/c1-9-18-15(20-24-9)13-3-2-5-21(13)16(22)19-12-8-11(17)7-10-4-6-23-14(10)12/h7-8,13H,2-6H2,1H3,(H,19,22)/t13-/m0/s1. The van der Waals surface area contributed by atoms with Gasteiger partial charge >= 0.3 is 6.03 Å². The number of rotatable bonds is 2. The lowest BCUT2D eigenvalue weighted by atomic mass is 10.1. The Balaban J connectivity index is 1.56. The molecule has 24 heavy (non-hydrogen) atoms. The number of nitrogens with one attached hydrogen (secondary N) is 1. The van der Waals surface area contributed by atoms with Crippen LogP contribution in [0.5, 0.6) is 5.75 Å². The lowest BCUT2D eigenvalue weighted by molar-refractivity contribution is 0.203. The number of aryl methyl sites for hydroxylation is 1. The highest BCUT2D eigenvalue weighted by molar-refractivity contribution is 6.31. The van der Waals surface area contributed by atoms with Crippen LogP contribution in [0.1, 0.15) is 36.2 Å². The number of benzene rings is 1. The number of urea groups is 1. The van der Waals surface area contributed by atoms with E-state index in [4.69, 9.17) is 20.9 Å². The summed E-state index contributed by atoms with van der Waals surface area (Å²) in [4.78, 5) is 18.7. The molecule has 126 valence electrons. The Bertz CT molecular complexity index is 792. The number of nitrogens with zero attached hydrogens (tertiary/aromatic N) is 3. The number of ether oxygens (including phenoxy) is 1. The molecule has 1 atom stereocenters. The minimum absolute atomic E-state index is 0.171. The molecule has 0 bridgehead atoms. The summed E-state index contributed by atoms with van der Waals surface area (Å²) < 4.78 is 10.7. The third kappa shape index (κ3) is 2.69. The molecule has 0 aliphatic carbocycles. The van der Waals surface area contributed by atoms with Crippen LogP contribution in [0.4, 0.5) is 10.5 Å². The van der Waals surface area contributed by atoms with E-state index in [2.05, 4.69) is 15.5 Å². The maximum Gasteiger partial charge on any atom is 0.322 e. The van der Waals surface area contributed by atoms with Crippen LogP contribution >= 0.6 is 11.6 Å². The third-order valence-electron chi connectivity index (χ3n) is 4.35. The second-order valence-electron chi connectivity index (χ2n) is 5.99. The van der Waals surface area contributed by atoms with Gasteiger partial charge in [0.2, 0.25) is 5.89 Å². The summed E-state index contributed by atoms with van der Waals surface area (Å²) in [6.07, 6.45) is 2.51. The van der Waals surface area contributed by atoms with Crippen molar-refractivity contribution in [3.05, 3.63) is 34.4 Å². The maximum absolute atomic E-state index is 12.7. The molecule has 3 heterocycles. The van der Waals surface area contributed by atoms with E-state index < -0.39 is 0 Å². The molecule has 0 spiro atoms. The zero-order chi connectivity index (χ0) is 16.7. The molecule has 1 N–H and O–H groups in total. The van der Waals surface area contributed by atoms with Gasteiger partial charge < -0.3 is 19.5 Å². The van der Waals surface area contributed by atoms with Crippen molar-refractivity contribution in [2.24, 2.45) is 0 Å². The summed E-state index contributed by atoms with van der Waals surface area (Å²) in [6.45, 7) is 2.99. The van der Waals surface area contributed by atoms with E-state index in [1.807, 2.05) is 6.07 Å². The van der Waals surface area contributed by atoms with Crippen LogP contribution in [0.25, 0.3) is 0 Å². The summed E-state index contributed by atoms with van der Waals surface area (Å²) >= 11 is 6.15. The maximum atomic E-state index is 12.7. The smallest absolute Gasteiger partial charge is 0.322 e. The zero-order valence-electron chi connectivity index (χ0n) is 13.2. The Hall–Kier alpha value is -2.28. The molecular weight excluding hydrogens is 332 g/mol. The van der Waals surface area contributed by atoms with Gasteiger partial charge in [0, 0.05) is 30.5 Å². The van der Waals surface area contributed by atoms with E-state index in [-0.39, 0.29) is 12.1 Å². The van der Waals surface area contributed by atoms with E-state index in [9.17, 15) is 4.79 Å². The van der Waals surface area contributed by atoms with E-state index in [0.717, 1.165) is 24.8 Å². The van der Waals surface area contributed by atoms with Gasteiger partial charge in [0.25, 0.3) is 0 Å². The molecule has 2 aliphatic rings. The minimum atomic E-state index is -0.208. The number of carbonyl (C=O) groups is 1. The van der Waals surface area contributed by atoms with Crippen molar-refractivity contribution in [2.45, 2.75) is 32.2 Å². The minimum Gasteiger partial charge on any atom is -0.491 e. The van der Waals surface area contributed by atoms with Crippen molar-refractivity contribution in [3.8, 4) is 5.75 Å². The van der Waals surface area contributed by atoms with Crippen molar-refractivity contribution in [3.63, 3.8) is 0 Å². The largest absolute Gasteiger partial charge is 0.491 e. The molecule has 1 saturated heterocycles. The van der Waals surface area contributed by atoms with Crippen molar-refractivity contribution >= 4 is 23.3 Å². The SMILES string of the molecule is Cc1nc([C@@H]2CCCN2C(=O)Nc2cc(Cl)cc3c2OCC3)no1. The first-order valence-corrected chi connectivity index (χ1v) is 8.32. The second-order valence-corrected chi connectivity index (χ2v) is 6.43. The van der Waals surface area contributed by atoms with E-state index in [1.54, 1.807) is 17.9 Å². The van der Waals surface area contributed by atoms with Gasteiger partial charge in [-0.25, -0.2) is 4.79 Å². The van der Waals surface area contributed by atoms with Crippen LogP contribution in [0.2, 0.25) is 5.02 Å². The average Bonchev–Trinajstić information content (AvgIpc) is 3.25. The number of halogens is 1. The first-order chi connectivity index (χ1) is 11.6. The number of hydrogen-bond donors (Lipinski definition) is 1. The number of likely N-dealkylation sites (tertiary alicyclic amines) is 1. The fraction of sp³-hybridized carbons (Fsp3) is 0.438. The number of fused-ring (bicyclic) bond motifs is 1. The molecule has 4 rings (SSSR count). The number of anilines is 1. The number of hydrogen-bond acceptors (Lipinski definition) is 5. The predicted molar refractivity (Wildman–Crippen MR) is 87.4 cm³/mol. The lowest BCUT2D eigenvalue weighted by Crippen LogP contribution is -2.35. The Morgan fingerprint density at radius 2 is 2.33 bits per heavy atom. The normalized spacial score (nSPS) is 19.2. The van der Waals surface area contributed by atoms with Crippen molar-refractivity contribution in [1.82, 2.24) is 15.0 Å². The third-order valence-corrected chi connectivity index (χ3v) is 4.56. The zero-order valence-corrected chi connectivity index (χ0v) is 14.0. The van der Waals surface area contributed by atoms with Gasteiger partial charge in [-0.3, -0.25) is 0 Å². The molecule has 1 aromatic carbocycles. The summed E-state index contributed by atoms with van der Waals surface area (Å²) in [5.41, 5.74) is 1.62. The van der Waals surface area contributed by atoms with Crippen molar-refractivity contribution in [1.29, 1.82) is 0 Å². The van der Waals surface area contributed by atoms with Gasteiger partial charge in [0.05, 0.1) is 18.3 Å². The van der Waals surface area contributed by atoms with Gasteiger partial charge in [-0.2, -0.15) is 4.98 Å². The molecular formula is C16H17ClN4O3. The second kappa shape index (κ2) is 5.98. The van der Waals surface area contributed by atoms with Crippen LogP contribution in [-0.4, -0.2) is 34.2 Å². The monoisotopic (exact) mass is 348 g/mol. The fourth-order valence-corrected chi connectivity index (χ4v) is 3.52. The number of carbonyl (C=O) groups excluding carboxylic acids is 1. The number of aromatic nitrogens is 2. The Morgan fingerprint density at radius 1 is 1.46 bits per heavy atom. The topological polar surface area (TPSA) is 80.5 Å². The molecule has 1 fully saturated rings. The van der Waals surface area contributed by atoms with Crippen LogP contribution < -0.4 is 10.1 Å². The first kappa shape index (κ1) is 15.3. The molecule has 0 radical (unpaired) electrons. The lowest BCUT2D eigenvalue weighted by Gasteiger charge is -2.23. The van der Waals surface area contributed by atoms with Crippen molar-refractivity contribution < 1.29 is 14.1 Å². The Morgan fingerprint density at radius 3 is 3.12 bits per heavy atom. The molecule has 7 nitrogen and oxygen atoms in total. The van der Waals surface area contributed by atoms with Crippen LogP contribution in [0, 0.1) is 6.92 Å². The molecule has 8 heteroatoms. The average molecular weight is 349 g/mol. The van der Waals surface area contributed by atoms with Gasteiger partial charge in [0.1, 0.15) is 5.75 Å². The molecule has 0 saturated carbocycles. The van der Waals surface area contributed by atoms with Crippen molar-refractivity contribution in [2.75, 3.05) is 18.5 Å². The van der Waals surface area contributed by atoms with Crippen LogP contribution in [0.15, 0.2) is 16.7 Å². The van der Waals surface area contributed by atoms with E-state index in [1.165, 1.54) is 0 Å². The molecule has 0 unspecified atom stereocenters. The van der Waals surface area contributed by atoms with Crippen LogP contribution in [-0.2, 0) is 6.42 Å². The quantitative estimate of drug-likeness (QED) is 0.900. The molecule has 2 aliphatic heterocycles. The van der Waals surface area contributed by atoms with E-state index >= 15 is 0 Å². The van der Waals surface area contributed by atoms with E-state index in [0.29, 0.717) is 41.3 Å². The highest BCUT2D eigenvalue weighted by Gasteiger charge is 2.34. The number of amides is 2. The highest BCUT2D eigenvalue weighted by atomic mass is 35.5. The van der Waals surface area contributed by atoms with Gasteiger partial charge in [-0.1, -0.05) is 16.8 Å². The van der Waals surface area contributed by atoms with Gasteiger partial charge in [0.15, 0.2) is 5.82 Å². The summed E-state index contributed by atoms with van der Waals surface area (Å²) in [5.74, 6) is 1.75. The Kier molecular flexibility index (Phi) is 3.80. The molecule has 2 aromatic rings. The predicted octanol–water partition coefficient (Wildman–Crippen LogP) is 3.34. The van der Waals surface area contributed by atoms with Crippen LogP contribution in [0.3, 0.4) is 0 Å². The summed E-state index contributed by atoms with van der Waals surface area (Å²) in [5, 5.41) is 7.46. The first-order valence-electron chi connectivity index (χ1n) is 7.95. The Labute approximate surface area is 143 Å². The van der Waals surface area contributed by atoms with Gasteiger partial charge in [-0.15, -0.1) is 0 Å². The fourth-order valence-electron chi connectivity index (χ4n) is 3.28.